The number of nitrogens with zero attached hydrogens (tertiary/aromatic N) is 2. The van der Waals surface area contributed by atoms with E-state index in [9.17, 15) is 14.4 Å². The molecule has 4 aliphatic heterocycles. The summed E-state index contributed by atoms with van der Waals surface area (Å²) in [6.07, 6.45) is 6.61. The third kappa shape index (κ3) is 5.87. The summed E-state index contributed by atoms with van der Waals surface area (Å²) in [6, 6.07) is 14.4. The Morgan fingerprint density at radius 3 is 2.36 bits per heavy atom. The average Bonchev–Trinajstić information content (AvgIpc) is 3.29. The Morgan fingerprint density at radius 2 is 1.62 bits per heavy atom. The molecule has 0 bridgehead atoms. The van der Waals surface area contributed by atoms with Crippen LogP contribution in [0.1, 0.15) is 65.6 Å². The van der Waals surface area contributed by atoms with E-state index in [1.165, 1.54) is 11.1 Å². The first-order chi connectivity index (χ1) is 19.0. The van der Waals surface area contributed by atoms with Gasteiger partial charge in [0.25, 0.3) is 5.91 Å². The maximum Gasteiger partial charge on any atom is 0.255 e. The summed E-state index contributed by atoms with van der Waals surface area (Å²) in [5.41, 5.74) is 5.42. The summed E-state index contributed by atoms with van der Waals surface area (Å²) in [7, 11) is 0. The topological polar surface area (TPSA) is 91.0 Å². The molecule has 3 amide bonds. The molecular weight excluding hydrogens is 492 g/mol. The Bertz CT molecular complexity index is 1220. The first-order valence-electron chi connectivity index (χ1n) is 14.5. The van der Waals surface area contributed by atoms with Crippen LogP contribution in [0.5, 0.6) is 0 Å². The zero-order valence-corrected chi connectivity index (χ0v) is 22.5. The van der Waals surface area contributed by atoms with Gasteiger partial charge in [0.15, 0.2) is 0 Å². The molecular formula is C31H38N4O4. The lowest BCUT2D eigenvalue weighted by Gasteiger charge is -2.34. The number of carbonyl (C=O) groups excluding carboxylic acids is 3. The number of carbonyl (C=O) groups is 3. The maximum absolute atomic E-state index is 13.0. The molecule has 6 rings (SSSR count). The largest absolute Gasteiger partial charge is 0.373 e. The van der Waals surface area contributed by atoms with E-state index in [1.54, 1.807) is 4.90 Å². The second-order valence-electron chi connectivity index (χ2n) is 11.5. The van der Waals surface area contributed by atoms with Crippen LogP contribution in [-0.4, -0.2) is 60.9 Å². The number of ether oxygens (including phenoxy) is 1. The minimum Gasteiger partial charge on any atom is -0.373 e. The van der Waals surface area contributed by atoms with Gasteiger partial charge in [0.1, 0.15) is 6.04 Å². The van der Waals surface area contributed by atoms with Gasteiger partial charge in [0.05, 0.1) is 12.7 Å². The monoisotopic (exact) mass is 530 g/mol. The Labute approximate surface area is 230 Å². The van der Waals surface area contributed by atoms with Crippen LogP contribution >= 0.6 is 0 Å². The van der Waals surface area contributed by atoms with E-state index in [4.69, 9.17) is 4.74 Å². The number of hydrogen-bond acceptors (Lipinski definition) is 6. The van der Waals surface area contributed by atoms with Gasteiger partial charge < -0.3 is 19.9 Å². The van der Waals surface area contributed by atoms with Gasteiger partial charge in [-0.1, -0.05) is 24.3 Å². The van der Waals surface area contributed by atoms with Gasteiger partial charge in [-0.2, -0.15) is 0 Å². The standard InChI is InChI=1S/C31H38N4O4/c36-29-8-7-28(30(37)33-29)35-19-24-18-25(5-6-27(24)31(35)38)34-15-11-22(12-16-34)17-21-1-3-23(4-2-21)20-39-26-9-13-32-14-10-26/h1-6,18,22,26,28,32H,7-17,19-20H2,(H,33,36,37). The number of piperidine rings is 3. The Kier molecular flexibility index (Phi) is 7.66. The van der Waals surface area contributed by atoms with Crippen LogP contribution in [0.2, 0.25) is 0 Å². The van der Waals surface area contributed by atoms with Gasteiger partial charge in [-0.15, -0.1) is 0 Å². The summed E-state index contributed by atoms with van der Waals surface area (Å²) >= 11 is 0. The SMILES string of the molecule is O=C1CCC(N2Cc3cc(N4CCC(Cc5ccc(COC6CCNCC6)cc5)CC4)ccc3C2=O)C(=O)N1. The van der Waals surface area contributed by atoms with Crippen molar-refractivity contribution in [2.75, 3.05) is 31.1 Å². The zero-order chi connectivity index (χ0) is 26.8. The van der Waals surface area contributed by atoms with Crippen LogP contribution in [0.3, 0.4) is 0 Å². The smallest absolute Gasteiger partial charge is 0.255 e. The molecule has 1 atom stereocenters. The van der Waals surface area contributed by atoms with Crippen molar-refractivity contribution in [1.82, 2.24) is 15.5 Å². The molecule has 8 heteroatoms. The number of anilines is 1. The number of hydrogen-bond donors (Lipinski definition) is 2. The molecule has 1 unspecified atom stereocenters. The molecule has 4 aliphatic rings. The number of fused-ring (bicyclic) bond motifs is 1. The van der Waals surface area contributed by atoms with Crippen LogP contribution in [0.4, 0.5) is 5.69 Å². The highest BCUT2D eigenvalue weighted by molar-refractivity contribution is 6.05. The van der Waals surface area contributed by atoms with Crippen molar-refractivity contribution in [3.8, 4) is 0 Å². The van der Waals surface area contributed by atoms with E-state index in [0.29, 0.717) is 37.2 Å². The summed E-state index contributed by atoms with van der Waals surface area (Å²) < 4.78 is 6.09. The van der Waals surface area contributed by atoms with E-state index in [1.807, 2.05) is 12.1 Å². The molecule has 3 saturated heterocycles. The van der Waals surface area contributed by atoms with Crippen molar-refractivity contribution >= 4 is 23.4 Å². The molecule has 0 saturated carbocycles. The van der Waals surface area contributed by atoms with Crippen molar-refractivity contribution in [2.45, 2.75) is 70.2 Å². The van der Waals surface area contributed by atoms with Crippen LogP contribution in [0, 0.1) is 5.92 Å². The van der Waals surface area contributed by atoms with Crippen molar-refractivity contribution in [3.05, 3.63) is 64.7 Å². The third-order valence-electron chi connectivity index (χ3n) is 8.81. The Balaban J connectivity index is 0.996. The molecule has 8 nitrogen and oxygen atoms in total. The van der Waals surface area contributed by atoms with Crippen molar-refractivity contribution < 1.29 is 19.1 Å². The van der Waals surface area contributed by atoms with E-state index in [2.05, 4.69) is 45.9 Å². The van der Waals surface area contributed by atoms with Crippen LogP contribution < -0.4 is 15.5 Å². The first kappa shape index (κ1) is 26.0. The number of imide groups is 1. The minimum atomic E-state index is -0.571. The quantitative estimate of drug-likeness (QED) is 0.535. The van der Waals surface area contributed by atoms with Gasteiger partial charge in [-0.25, -0.2) is 0 Å². The molecule has 0 aliphatic carbocycles. The van der Waals surface area contributed by atoms with Gasteiger partial charge in [-0.3, -0.25) is 19.7 Å². The van der Waals surface area contributed by atoms with Crippen LogP contribution in [0.25, 0.3) is 0 Å². The number of nitrogens with one attached hydrogen (secondary N) is 2. The Hall–Kier alpha value is -3.23. The molecule has 0 spiro atoms. The van der Waals surface area contributed by atoms with Gasteiger partial charge in [0, 0.05) is 37.3 Å². The van der Waals surface area contributed by atoms with E-state index in [0.717, 1.165) is 69.5 Å². The predicted molar refractivity (Wildman–Crippen MR) is 148 cm³/mol. The van der Waals surface area contributed by atoms with E-state index < -0.39 is 6.04 Å². The molecule has 2 N–H and O–H groups in total. The molecule has 2 aromatic rings. The third-order valence-corrected chi connectivity index (χ3v) is 8.81. The minimum absolute atomic E-state index is 0.117. The van der Waals surface area contributed by atoms with Crippen LogP contribution in [-0.2, 0) is 33.9 Å². The molecule has 4 heterocycles. The van der Waals surface area contributed by atoms with Crippen molar-refractivity contribution in [3.63, 3.8) is 0 Å². The van der Waals surface area contributed by atoms with Gasteiger partial charge in [-0.05, 0) is 92.4 Å². The lowest BCUT2D eigenvalue weighted by molar-refractivity contribution is -0.136. The van der Waals surface area contributed by atoms with Crippen molar-refractivity contribution in [2.24, 2.45) is 5.92 Å². The summed E-state index contributed by atoms with van der Waals surface area (Å²) in [5, 5.41) is 5.75. The fraction of sp³-hybridized carbons (Fsp3) is 0.516. The molecule has 206 valence electrons. The molecule has 2 aromatic carbocycles. The maximum atomic E-state index is 13.0. The number of amides is 3. The highest BCUT2D eigenvalue weighted by atomic mass is 16.5. The number of rotatable bonds is 7. The van der Waals surface area contributed by atoms with Gasteiger partial charge in [0.2, 0.25) is 11.8 Å². The average molecular weight is 531 g/mol. The molecule has 39 heavy (non-hydrogen) atoms. The summed E-state index contributed by atoms with van der Waals surface area (Å²) in [4.78, 5) is 40.9. The highest BCUT2D eigenvalue weighted by Gasteiger charge is 2.39. The molecule has 3 fully saturated rings. The lowest BCUT2D eigenvalue weighted by atomic mass is 9.89. The molecule has 0 radical (unpaired) electrons. The van der Waals surface area contributed by atoms with Crippen molar-refractivity contribution in [1.29, 1.82) is 0 Å². The van der Waals surface area contributed by atoms with E-state index >= 15 is 0 Å². The number of benzene rings is 2. The zero-order valence-electron chi connectivity index (χ0n) is 22.5. The fourth-order valence-electron chi connectivity index (χ4n) is 6.43. The fourth-order valence-corrected chi connectivity index (χ4v) is 6.43. The van der Waals surface area contributed by atoms with Gasteiger partial charge >= 0.3 is 0 Å². The summed E-state index contributed by atoms with van der Waals surface area (Å²) in [6.45, 7) is 5.22. The van der Waals surface area contributed by atoms with Crippen LogP contribution in [0.15, 0.2) is 42.5 Å². The predicted octanol–water partition coefficient (Wildman–Crippen LogP) is 3.18. The second kappa shape index (κ2) is 11.5. The Morgan fingerprint density at radius 1 is 0.872 bits per heavy atom. The lowest BCUT2D eigenvalue weighted by Crippen LogP contribution is -2.52. The highest BCUT2D eigenvalue weighted by Crippen LogP contribution is 2.32. The normalized spacial score (nSPS) is 22.8. The van der Waals surface area contributed by atoms with E-state index in [-0.39, 0.29) is 24.1 Å². The second-order valence-corrected chi connectivity index (χ2v) is 11.5. The molecule has 0 aromatic heterocycles. The summed E-state index contributed by atoms with van der Waals surface area (Å²) in [5.74, 6) is -0.0821. The first-order valence-corrected chi connectivity index (χ1v) is 14.5.